The van der Waals surface area contributed by atoms with Gasteiger partial charge >= 0.3 is 0 Å². The highest BCUT2D eigenvalue weighted by Gasteiger charge is 2.44. The van der Waals surface area contributed by atoms with Crippen LogP contribution in [0.4, 0.5) is 17.1 Å². The summed E-state index contributed by atoms with van der Waals surface area (Å²) in [5.41, 5.74) is 23.5. The molecule has 0 radical (unpaired) electrons. The van der Waals surface area contributed by atoms with Gasteiger partial charge in [-0.1, -0.05) is 168 Å². The number of hydrogen-bond acceptors (Lipinski definition) is 2. The van der Waals surface area contributed by atoms with E-state index in [1.807, 2.05) is 0 Å². The Morgan fingerprint density at radius 3 is 1.71 bits per heavy atom. The van der Waals surface area contributed by atoms with Gasteiger partial charge in [-0.3, -0.25) is 4.40 Å². The third-order valence-electron chi connectivity index (χ3n) is 15.9. The van der Waals surface area contributed by atoms with E-state index in [9.17, 15) is 0 Å². The molecule has 0 N–H and O–H groups in total. The van der Waals surface area contributed by atoms with Crippen molar-refractivity contribution >= 4 is 100 Å². The van der Waals surface area contributed by atoms with Crippen LogP contribution in [0.3, 0.4) is 0 Å². The van der Waals surface area contributed by atoms with Gasteiger partial charge in [0.25, 0.3) is 6.71 Å². The van der Waals surface area contributed by atoms with Crippen molar-refractivity contribution in [2.45, 2.75) is 105 Å². The third kappa shape index (κ3) is 6.19. The molecule has 70 heavy (non-hydrogen) atoms. The van der Waals surface area contributed by atoms with Crippen LogP contribution in [-0.2, 0) is 21.7 Å². The van der Waals surface area contributed by atoms with Crippen LogP contribution in [0.5, 0.6) is 0 Å². The van der Waals surface area contributed by atoms with Crippen LogP contribution in [0.15, 0.2) is 152 Å². The highest BCUT2D eigenvalue weighted by Crippen LogP contribution is 2.46. The zero-order valence-electron chi connectivity index (χ0n) is 42.8. The van der Waals surface area contributed by atoms with Crippen molar-refractivity contribution in [3.05, 3.63) is 174 Å². The first-order valence-corrected chi connectivity index (χ1v) is 25.3. The standard InChI is InChI=1S/C65H61BN4/c1-62(2,3)40-22-26-44(27-23-40)68-55-30-25-42(64(7,8)9)36-50(55)66-51-37-43(65(10,11)12)35-49-48-34-41(63(4,5)6)24-29-54(48)69(60(49)51)58-33-39(32-57(68)59(58)66)38-21-28-52-56(31-38)70-53-20-16-15-18-46(53)45-17-13-14-19-47(45)61(70)67-52/h13-37H,1-12H3. The molecule has 0 fully saturated rings. The molecule has 0 saturated carbocycles. The second-order valence-electron chi connectivity index (χ2n) is 24.6. The summed E-state index contributed by atoms with van der Waals surface area (Å²) in [5, 5.41) is 6.27. The number of imidazole rings is 1. The summed E-state index contributed by atoms with van der Waals surface area (Å²) in [6.45, 7) is 28.1. The van der Waals surface area contributed by atoms with E-state index in [0.717, 1.165) is 38.8 Å². The molecule has 0 aliphatic carbocycles. The maximum atomic E-state index is 5.35. The maximum Gasteiger partial charge on any atom is 0.252 e. The number of para-hydroxylation sites is 1. The van der Waals surface area contributed by atoms with E-state index in [4.69, 9.17) is 4.98 Å². The van der Waals surface area contributed by atoms with Crippen molar-refractivity contribution in [3.63, 3.8) is 0 Å². The van der Waals surface area contributed by atoms with Gasteiger partial charge in [0.2, 0.25) is 0 Å². The SMILES string of the molecule is CC(C)(C)c1ccc(N2c3ccc(C(C)(C)C)cc3B3c4c2cc(-c2ccc5nc6c7ccccc7c7ccccc7n6c5c2)cc4-n2c4ccc(C(C)(C)C)cc4c4cc(C(C)(C)C)cc3c42)cc1. The molecule has 2 aliphatic rings. The minimum atomic E-state index is -0.0621. The van der Waals surface area contributed by atoms with Crippen LogP contribution < -0.4 is 21.3 Å². The molecule has 4 nitrogen and oxygen atoms in total. The van der Waals surface area contributed by atoms with E-state index in [1.54, 1.807) is 0 Å². The molecular formula is C65H61BN4. The summed E-state index contributed by atoms with van der Waals surface area (Å²) >= 11 is 0. The Morgan fingerprint density at radius 1 is 0.400 bits per heavy atom. The molecule has 5 heterocycles. The molecule has 0 atom stereocenters. The summed E-state index contributed by atoms with van der Waals surface area (Å²) in [5.74, 6) is 0. The molecule has 0 saturated heterocycles. The van der Waals surface area contributed by atoms with Gasteiger partial charge in [0, 0.05) is 49.8 Å². The molecule has 5 heteroatoms. The summed E-state index contributed by atoms with van der Waals surface area (Å²) in [7, 11) is 0. The van der Waals surface area contributed by atoms with Crippen molar-refractivity contribution in [1.29, 1.82) is 0 Å². The van der Waals surface area contributed by atoms with E-state index < -0.39 is 0 Å². The van der Waals surface area contributed by atoms with Gasteiger partial charge in [-0.25, -0.2) is 4.98 Å². The lowest BCUT2D eigenvalue weighted by Gasteiger charge is -2.41. The van der Waals surface area contributed by atoms with Crippen molar-refractivity contribution in [3.8, 4) is 16.8 Å². The predicted molar refractivity (Wildman–Crippen MR) is 302 cm³/mol. The van der Waals surface area contributed by atoms with Gasteiger partial charge in [-0.05, 0) is 144 Å². The highest BCUT2D eigenvalue weighted by atomic mass is 15.2. The normalized spacial score (nSPS) is 13.9. The van der Waals surface area contributed by atoms with E-state index in [0.29, 0.717) is 0 Å². The molecule has 11 aromatic rings. The van der Waals surface area contributed by atoms with Gasteiger partial charge in [-0.15, -0.1) is 0 Å². The van der Waals surface area contributed by atoms with Crippen LogP contribution in [0.1, 0.15) is 105 Å². The number of fused-ring (bicyclic) bond motifs is 15. The van der Waals surface area contributed by atoms with E-state index >= 15 is 0 Å². The average molecular weight is 909 g/mol. The third-order valence-corrected chi connectivity index (χ3v) is 15.9. The maximum absolute atomic E-state index is 5.35. The molecule has 2 aliphatic heterocycles. The Hall–Kier alpha value is -7.11. The quantitative estimate of drug-likeness (QED) is 0.128. The summed E-state index contributed by atoms with van der Waals surface area (Å²) in [6.07, 6.45) is 0. The van der Waals surface area contributed by atoms with Crippen molar-refractivity contribution in [1.82, 2.24) is 14.0 Å². The number of aromatic nitrogens is 3. The van der Waals surface area contributed by atoms with Crippen molar-refractivity contribution < 1.29 is 0 Å². The molecular weight excluding hydrogens is 848 g/mol. The average Bonchev–Trinajstić information content (AvgIpc) is 3.88. The van der Waals surface area contributed by atoms with E-state index in [-0.39, 0.29) is 28.4 Å². The smallest absolute Gasteiger partial charge is 0.252 e. The fourth-order valence-electron chi connectivity index (χ4n) is 11.9. The lowest BCUT2D eigenvalue weighted by atomic mass is 9.33. The Morgan fingerprint density at radius 2 is 1.00 bits per heavy atom. The topological polar surface area (TPSA) is 25.5 Å². The lowest BCUT2D eigenvalue weighted by Crippen LogP contribution is -2.60. The largest absolute Gasteiger partial charge is 0.311 e. The fraction of sp³-hybridized carbons (Fsp3) is 0.246. The van der Waals surface area contributed by atoms with E-state index in [1.165, 1.54) is 93.8 Å². The summed E-state index contributed by atoms with van der Waals surface area (Å²) in [4.78, 5) is 7.94. The van der Waals surface area contributed by atoms with Gasteiger partial charge in [-0.2, -0.15) is 0 Å². The molecule has 8 aromatic carbocycles. The van der Waals surface area contributed by atoms with Crippen molar-refractivity contribution in [2.24, 2.45) is 0 Å². The van der Waals surface area contributed by atoms with Gasteiger partial charge in [0.15, 0.2) is 0 Å². The minimum absolute atomic E-state index is 0.00358. The number of rotatable bonds is 2. The number of hydrogen-bond donors (Lipinski definition) is 0. The second-order valence-corrected chi connectivity index (χ2v) is 24.6. The Bertz CT molecular complexity index is 4040. The first-order valence-electron chi connectivity index (χ1n) is 25.3. The van der Waals surface area contributed by atoms with Gasteiger partial charge in [0.1, 0.15) is 5.65 Å². The van der Waals surface area contributed by atoms with Crippen LogP contribution in [0, 0.1) is 0 Å². The molecule has 13 rings (SSSR count). The summed E-state index contributed by atoms with van der Waals surface area (Å²) in [6, 6.07) is 58.6. The molecule has 344 valence electrons. The molecule has 0 amide bonds. The number of nitrogens with zero attached hydrogens (tertiary/aromatic N) is 4. The lowest BCUT2D eigenvalue weighted by molar-refractivity contribution is 0.590. The number of pyridine rings is 1. The van der Waals surface area contributed by atoms with Crippen LogP contribution in [0.2, 0.25) is 0 Å². The van der Waals surface area contributed by atoms with Crippen LogP contribution in [-0.4, -0.2) is 20.7 Å². The predicted octanol–water partition coefficient (Wildman–Crippen LogP) is 15.4. The Kier molecular flexibility index (Phi) is 8.75. The Labute approximate surface area is 412 Å². The number of anilines is 3. The van der Waals surface area contributed by atoms with Gasteiger partial charge in [0.05, 0.1) is 22.1 Å². The second kappa shape index (κ2) is 14.3. The number of benzene rings is 8. The highest BCUT2D eigenvalue weighted by molar-refractivity contribution is 7.00. The van der Waals surface area contributed by atoms with E-state index in [2.05, 4.69) is 249 Å². The molecule has 0 spiro atoms. The summed E-state index contributed by atoms with van der Waals surface area (Å²) < 4.78 is 5.03. The first kappa shape index (κ1) is 43.0. The Balaban J connectivity index is 1.17. The first-order chi connectivity index (χ1) is 33.2. The minimum Gasteiger partial charge on any atom is -0.311 e. The van der Waals surface area contributed by atoms with Crippen LogP contribution >= 0.6 is 0 Å². The monoisotopic (exact) mass is 908 g/mol. The van der Waals surface area contributed by atoms with Crippen LogP contribution in [0.25, 0.3) is 77.0 Å². The molecule has 3 aromatic heterocycles. The zero-order valence-corrected chi connectivity index (χ0v) is 42.8. The molecule has 0 bridgehead atoms. The molecule has 0 unspecified atom stereocenters. The fourth-order valence-corrected chi connectivity index (χ4v) is 11.9. The van der Waals surface area contributed by atoms with Gasteiger partial charge < -0.3 is 9.47 Å². The van der Waals surface area contributed by atoms with Crippen molar-refractivity contribution in [2.75, 3.05) is 4.90 Å². The zero-order chi connectivity index (χ0) is 48.6.